The van der Waals surface area contributed by atoms with E-state index < -0.39 is 5.41 Å². The average molecular weight is 355 g/mol. The SMILES string of the molecule is CCN(CC)C(=O)C(C)(C)C(=O)Nc1ccc(Br)cc1C. The van der Waals surface area contributed by atoms with E-state index in [0.717, 1.165) is 15.7 Å². The fraction of sp³-hybridized carbons (Fsp3) is 0.500. The van der Waals surface area contributed by atoms with Gasteiger partial charge in [-0.05, 0) is 58.4 Å². The maximum absolute atomic E-state index is 12.5. The van der Waals surface area contributed by atoms with Crippen molar-refractivity contribution in [2.45, 2.75) is 34.6 Å². The summed E-state index contributed by atoms with van der Waals surface area (Å²) in [5.41, 5.74) is 0.582. The second-order valence-corrected chi connectivity index (χ2v) is 6.43. The second-order valence-electron chi connectivity index (χ2n) is 5.52. The number of nitrogens with one attached hydrogen (secondary N) is 1. The van der Waals surface area contributed by atoms with Gasteiger partial charge >= 0.3 is 0 Å². The molecule has 1 aromatic carbocycles. The van der Waals surface area contributed by atoms with E-state index in [4.69, 9.17) is 0 Å². The molecule has 0 aliphatic heterocycles. The number of amides is 2. The van der Waals surface area contributed by atoms with Gasteiger partial charge < -0.3 is 10.2 Å². The van der Waals surface area contributed by atoms with Gasteiger partial charge in [0.05, 0.1) is 0 Å². The van der Waals surface area contributed by atoms with Gasteiger partial charge in [-0.1, -0.05) is 15.9 Å². The number of anilines is 1. The van der Waals surface area contributed by atoms with Crippen molar-refractivity contribution < 1.29 is 9.59 Å². The molecule has 0 aromatic heterocycles. The number of hydrogen-bond donors (Lipinski definition) is 1. The van der Waals surface area contributed by atoms with Crippen LogP contribution in [0.1, 0.15) is 33.3 Å². The zero-order valence-corrected chi connectivity index (χ0v) is 14.9. The van der Waals surface area contributed by atoms with Crippen LogP contribution in [-0.2, 0) is 9.59 Å². The number of hydrogen-bond acceptors (Lipinski definition) is 2. The highest BCUT2D eigenvalue weighted by molar-refractivity contribution is 9.10. The Morgan fingerprint density at radius 3 is 2.29 bits per heavy atom. The lowest BCUT2D eigenvalue weighted by Crippen LogP contribution is -2.47. The number of benzene rings is 1. The van der Waals surface area contributed by atoms with Gasteiger partial charge in [-0.15, -0.1) is 0 Å². The van der Waals surface area contributed by atoms with Crippen molar-refractivity contribution >= 4 is 33.4 Å². The highest BCUT2D eigenvalue weighted by Crippen LogP contribution is 2.25. The third-order valence-corrected chi connectivity index (χ3v) is 4.08. The molecule has 0 unspecified atom stereocenters. The zero-order chi connectivity index (χ0) is 16.2. The first-order valence-corrected chi connectivity index (χ1v) is 7.90. The normalized spacial score (nSPS) is 11.1. The molecular formula is C16H23BrN2O2. The number of carbonyl (C=O) groups is 2. The molecule has 0 aliphatic rings. The molecule has 0 aliphatic carbocycles. The molecule has 116 valence electrons. The molecule has 21 heavy (non-hydrogen) atoms. The number of nitrogens with zero attached hydrogens (tertiary/aromatic N) is 1. The molecule has 1 aromatic rings. The third-order valence-electron chi connectivity index (χ3n) is 3.59. The van der Waals surface area contributed by atoms with Gasteiger partial charge in [0.15, 0.2) is 0 Å². The van der Waals surface area contributed by atoms with E-state index in [9.17, 15) is 9.59 Å². The Morgan fingerprint density at radius 2 is 1.81 bits per heavy atom. The fourth-order valence-corrected chi connectivity index (χ4v) is 2.52. The standard InChI is InChI=1S/C16H23BrN2O2/c1-6-19(7-2)15(21)16(4,5)14(20)18-13-9-8-12(17)10-11(13)3/h8-10H,6-7H2,1-5H3,(H,18,20). The summed E-state index contributed by atoms with van der Waals surface area (Å²) in [7, 11) is 0. The largest absolute Gasteiger partial charge is 0.342 e. The predicted molar refractivity (Wildman–Crippen MR) is 89.2 cm³/mol. The van der Waals surface area contributed by atoms with E-state index in [1.165, 1.54) is 0 Å². The number of aryl methyl sites for hydroxylation is 1. The molecule has 0 bridgehead atoms. The maximum Gasteiger partial charge on any atom is 0.239 e. The summed E-state index contributed by atoms with van der Waals surface area (Å²) in [6.07, 6.45) is 0. The minimum atomic E-state index is -1.09. The Balaban J connectivity index is 2.93. The van der Waals surface area contributed by atoms with Gasteiger partial charge in [-0.2, -0.15) is 0 Å². The molecule has 5 heteroatoms. The lowest BCUT2D eigenvalue weighted by molar-refractivity contribution is -0.146. The van der Waals surface area contributed by atoms with Crippen LogP contribution >= 0.6 is 15.9 Å². The second kappa shape index (κ2) is 7.07. The lowest BCUT2D eigenvalue weighted by atomic mass is 9.90. The van der Waals surface area contributed by atoms with E-state index in [0.29, 0.717) is 13.1 Å². The number of carbonyl (C=O) groups excluding carboxylic acids is 2. The summed E-state index contributed by atoms with van der Waals surface area (Å²) in [6.45, 7) is 10.3. The topological polar surface area (TPSA) is 49.4 Å². The van der Waals surface area contributed by atoms with Crippen LogP contribution < -0.4 is 5.32 Å². The molecule has 0 saturated carbocycles. The predicted octanol–water partition coefficient (Wildman–Crippen LogP) is 3.59. The summed E-state index contributed by atoms with van der Waals surface area (Å²) < 4.78 is 0.955. The molecule has 0 atom stereocenters. The van der Waals surface area contributed by atoms with Gasteiger partial charge in [-0.25, -0.2) is 0 Å². The first kappa shape index (κ1) is 17.7. The van der Waals surface area contributed by atoms with E-state index in [2.05, 4.69) is 21.2 Å². The first-order valence-electron chi connectivity index (χ1n) is 7.11. The van der Waals surface area contributed by atoms with E-state index >= 15 is 0 Å². The van der Waals surface area contributed by atoms with Crippen molar-refractivity contribution in [3.8, 4) is 0 Å². The average Bonchev–Trinajstić information content (AvgIpc) is 2.42. The maximum atomic E-state index is 12.5. The van der Waals surface area contributed by atoms with Crippen LogP contribution in [0.15, 0.2) is 22.7 Å². The van der Waals surface area contributed by atoms with Crippen molar-refractivity contribution in [1.82, 2.24) is 4.90 Å². The molecule has 1 N–H and O–H groups in total. The zero-order valence-electron chi connectivity index (χ0n) is 13.3. The lowest BCUT2D eigenvalue weighted by Gasteiger charge is -2.29. The van der Waals surface area contributed by atoms with Gasteiger partial charge in [0.1, 0.15) is 5.41 Å². The Bertz CT molecular complexity index is 537. The minimum Gasteiger partial charge on any atom is -0.342 e. The van der Waals surface area contributed by atoms with Gasteiger partial charge in [0.2, 0.25) is 11.8 Å². The van der Waals surface area contributed by atoms with Crippen LogP contribution in [0.3, 0.4) is 0 Å². The molecule has 4 nitrogen and oxygen atoms in total. The van der Waals surface area contributed by atoms with Crippen molar-refractivity contribution in [2.24, 2.45) is 5.41 Å². The third kappa shape index (κ3) is 4.06. The van der Waals surface area contributed by atoms with Crippen LogP contribution in [-0.4, -0.2) is 29.8 Å². The smallest absolute Gasteiger partial charge is 0.239 e. The molecule has 0 radical (unpaired) electrons. The van der Waals surface area contributed by atoms with Gasteiger partial charge in [0.25, 0.3) is 0 Å². The molecule has 0 saturated heterocycles. The molecule has 1 rings (SSSR count). The molecule has 2 amide bonds. The monoisotopic (exact) mass is 354 g/mol. The Morgan fingerprint density at radius 1 is 1.24 bits per heavy atom. The van der Waals surface area contributed by atoms with Gasteiger partial charge in [0, 0.05) is 23.2 Å². The quantitative estimate of drug-likeness (QED) is 0.821. The highest BCUT2D eigenvalue weighted by atomic mass is 79.9. The molecule has 0 spiro atoms. The van der Waals surface area contributed by atoms with Crippen LogP contribution in [0.25, 0.3) is 0 Å². The van der Waals surface area contributed by atoms with Crippen molar-refractivity contribution in [1.29, 1.82) is 0 Å². The Kier molecular flexibility index (Phi) is 5.96. The summed E-state index contributed by atoms with van der Waals surface area (Å²) in [5.74, 6) is -0.440. The highest BCUT2D eigenvalue weighted by Gasteiger charge is 2.38. The van der Waals surface area contributed by atoms with Crippen LogP contribution in [0.4, 0.5) is 5.69 Å². The first-order chi connectivity index (χ1) is 9.73. The van der Waals surface area contributed by atoms with Crippen molar-refractivity contribution in [3.05, 3.63) is 28.2 Å². The van der Waals surface area contributed by atoms with Crippen LogP contribution in [0.2, 0.25) is 0 Å². The Hall–Kier alpha value is -1.36. The van der Waals surface area contributed by atoms with Crippen LogP contribution in [0, 0.1) is 12.3 Å². The van der Waals surface area contributed by atoms with Crippen molar-refractivity contribution in [2.75, 3.05) is 18.4 Å². The molecule has 0 heterocycles. The summed E-state index contributed by atoms with van der Waals surface area (Å²) in [5, 5.41) is 2.85. The van der Waals surface area contributed by atoms with Crippen molar-refractivity contribution in [3.63, 3.8) is 0 Å². The van der Waals surface area contributed by atoms with Gasteiger partial charge in [-0.3, -0.25) is 9.59 Å². The summed E-state index contributed by atoms with van der Waals surface area (Å²) >= 11 is 3.39. The number of rotatable bonds is 5. The Labute approximate surface area is 135 Å². The van der Waals surface area contributed by atoms with E-state index in [1.54, 1.807) is 18.7 Å². The summed E-state index contributed by atoms with van der Waals surface area (Å²) in [6, 6.07) is 5.62. The fourth-order valence-electron chi connectivity index (χ4n) is 2.05. The molecule has 0 fully saturated rings. The van der Waals surface area contributed by atoms with E-state index in [1.807, 2.05) is 39.0 Å². The van der Waals surface area contributed by atoms with E-state index in [-0.39, 0.29) is 11.8 Å². The number of halogens is 1. The molecular weight excluding hydrogens is 332 g/mol. The minimum absolute atomic E-state index is 0.153. The summed E-state index contributed by atoms with van der Waals surface area (Å²) in [4.78, 5) is 26.6. The van der Waals surface area contributed by atoms with Crippen LogP contribution in [0.5, 0.6) is 0 Å².